The maximum Gasteiger partial charge on any atom is 0.405 e. The summed E-state index contributed by atoms with van der Waals surface area (Å²) >= 11 is 0. The van der Waals surface area contributed by atoms with Crippen molar-refractivity contribution in [2.45, 2.75) is 64.6 Å². The number of ether oxygens (including phenoxy) is 5. The van der Waals surface area contributed by atoms with Crippen molar-refractivity contribution in [3.63, 3.8) is 0 Å². The maximum absolute atomic E-state index is 12.9. The molecule has 1 aliphatic heterocycles. The van der Waals surface area contributed by atoms with Crippen molar-refractivity contribution < 1.29 is 48.0 Å². The topological polar surface area (TPSA) is 173 Å². The summed E-state index contributed by atoms with van der Waals surface area (Å²) in [5.74, 6) is -3.87. The van der Waals surface area contributed by atoms with Crippen molar-refractivity contribution >= 4 is 23.6 Å². The lowest BCUT2D eigenvalue weighted by Gasteiger charge is -2.34. The van der Waals surface area contributed by atoms with Gasteiger partial charge in [-0.2, -0.15) is 0 Å². The number of hydrogen-bond donors (Lipinski definition) is 3. The minimum Gasteiger partial charge on any atom is -0.505 e. The predicted molar refractivity (Wildman–Crippen MR) is 153 cm³/mol. The third-order valence-electron chi connectivity index (χ3n) is 7.42. The van der Waals surface area contributed by atoms with Gasteiger partial charge in [-0.1, -0.05) is 38.2 Å². The quantitative estimate of drug-likeness (QED) is 0.245. The van der Waals surface area contributed by atoms with Gasteiger partial charge in [-0.15, -0.1) is 0 Å². The summed E-state index contributed by atoms with van der Waals surface area (Å²) in [4.78, 5) is 50.0. The summed E-state index contributed by atoms with van der Waals surface area (Å²) in [6, 6.07) is 0. The second-order valence-electron chi connectivity index (χ2n) is 10.4. The van der Waals surface area contributed by atoms with Crippen LogP contribution in [-0.4, -0.2) is 87.6 Å². The smallest absolute Gasteiger partial charge is 0.405 e. The Labute approximate surface area is 246 Å². The molecule has 7 atom stereocenters. The normalized spacial score (nSPS) is 33.6. The zero-order valence-corrected chi connectivity index (χ0v) is 25.3. The second-order valence-corrected chi connectivity index (χ2v) is 10.4. The summed E-state index contributed by atoms with van der Waals surface area (Å²) in [6.45, 7) is 7.01. The molecule has 232 valence electrons. The van der Waals surface area contributed by atoms with Crippen LogP contribution in [0.1, 0.15) is 34.1 Å². The van der Waals surface area contributed by atoms with Crippen molar-refractivity contribution in [2.75, 3.05) is 28.4 Å². The lowest BCUT2D eigenvalue weighted by Crippen LogP contribution is -2.40. The predicted octanol–water partition coefficient (Wildman–Crippen LogP) is 2.60. The molecule has 12 nitrogen and oxygen atoms in total. The lowest BCUT2D eigenvalue weighted by molar-refractivity contribution is -0.132. The van der Waals surface area contributed by atoms with E-state index >= 15 is 0 Å². The van der Waals surface area contributed by atoms with Crippen LogP contribution in [0.2, 0.25) is 0 Å². The standard InChI is InChI=1S/C30H42N2O10/c1-15-10-9-11-21(38-5)28(42-30(31)37)17(3)12-16(2)27(41-8)22(39-6)13-18(4)26(40-7)19-14-20(33)25(35)23(24(19)34)32-29(15)36/h9-12,14,16,18,21-22,26-28,34H,13H2,1-8H3,(H2,31,37)(H,32,36)/b11-9-,15-10+,17-12+/t16-,18-,21-,22-,26+,27+,28-/m0/s1. The van der Waals surface area contributed by atoms with E-state index in [4.69, 9.17) is 29.4 Å². The Morgan fingerprint density at radius 2 is 1.67 bits per heavy atom. The molecule has 0 spiro atoms. The van der Waals surface area contributed by atoms with E-state index in [1.165, 1.54) is 40.4 Å². The Morgan fingerprint density at radius 1 is 1.00 bits per heavy atom. The Bertz CT molecular complexity index is 1200. The fourth-order valence-electron chi connectivity index (χ4n) is 5.26. The van der Waals surface area contributed by atoms with Crippen molar-refractivity contribution in [3.8, 4) is 0 Å². The minimum absolute atomic E-state index is 0.0614. The molecule has 4 N–H and O–H groups in total. The number of allylic oxidation sites excluding steroid dienone is 4. The first-order valence-corrected chi connectivity index (χ1v) is 13.5. The average molecular weight is 591 g/mol. The van der Waals surface area contributed by atoms with Gasteiger partial charge < -0.3 is 39.8 Å². The van der Waals surface area contributed by atoms with Crippen LogP contribution in [0.4, 0.5) is 4.79 Å². The number of primary amides is 1. The van der Waals surface area contributed by atoms with Gasteiger partial charge in [0.25, 0.3) is 11.7 Å². The summed E-state index contributed by atoms with van der Waals surface area (Å²) in [5, 5.41) is 13.4. The van der Waals surface area contributed by atoms with Crippen LogP contribution in [0.3, 0.4) is 0 Å². The number of amides is 2. The van der Waals surface area contributed by atoms with E-state index < -0.39 is 65.5 Å². The highest BCUT2D eigenvalue weighted by Crippen LogP contribution is 2.32. The fourth-order valence-corrected chi connectivity index (χ4v) is 5.26. The van der Waals surface area contributed by atoms with E-state index in [1.54, 1.807) is 20.1 Å². The number of aliphatic hydroxyl groups excluding tert-OH is 1. The van der Waals surface area contributed by atoms with Crippen molar-refractivity contribution in [1.29, 1.82) is 0 Å². The second kappa shape index (κ2) is 15.6. The van der Waals surface area contributed by atoms with Gasteiger partial charge in [0.15, 0.2) is 6.10 Å². The molecule has 42 heavy (non-hydrogen) atoms. The van der Waals surface area contributed by atoms with E-state index in [0.29, 0.717) is 12.0 Å². The van der Waals surface area contributed by atoms with Crippen LogP contribution in [0.5, 0.6) is 0 Å². The van der Waals surface area contributed by atoms with E-state index in [1.807, 2.05) is 19.9 Å². The maximum atomic E-state index is 12.9. The molecule has 0 saturated carbocycles. The Balaban J connectivity index is 2.72. The van der Waals surface area contributed by atoms with Gasteiger partial charge >= 0.3 is 6.09 Å². The van der Waals surface area contributed by atoms with Gasteiger partial charge in [0.05, 0.1) is 18.3 Å². The molecule has 2 rings (SSSR count). The van der Waals surface area contributed by atoms with Gasteiger partial charge in [0.1, 0.15) is 17.6 Å². The summed E-state index contributed by atoms with van der Waals surface area (Å²) in [5.41, 5.74) is 5.67. The molecule has 0 saturated heterocycles. The molecule has 2 amide bonds. The molecule has 0 fully saturated rings. The third-order valence-corrected chi connectivity index (χ3v) is 7.42. The van der Waals surface area contributed by atoms with Crippen LogP contribution >= 0.6 is 0 Å². The van der Waals surface area contributed by atoms with E-state index in [0.717, 1.165) is 6.08 Å². The molecule has 12 heteroatoms. The number of aliphatic hydroxyl groups is 1. The van der Waals surface area contributed by atoms with Crippen LogP contribution < -0.4 is 11.1 Å². The number of fused-ring (bicyclic) bond motifs is 1. The van der Waals surface area contributed by atoms with Crippen molar-refractivity contribution in [2.24, 2.45) is 17.6 Å². The van der Waals surface area contributed by atoms with Gasteiger partial charge in [-0.05, 0) is 37.8 Å². The number of nitrogens with one attached hydrogen (secondary N) is 1. The number of Topliss-reactive ketones (excluding diaryl/α,β-unsaturated/α-hetero) is 1. The number of hydrogen-bond acceptors (Lipinski definition) is 10. The van der Waals surface area contributed by atoms with Crippen molar-refractivity contribution in [3.05, 3.63) is 58.6 Å². The molecule has 2 aliphatic rings. The van der Waals surface area contributed by atoms with Gasteiger partial charge in [0.2, 0.25) is 5.78 Å². The fraction of sp³-hybridized carbons (Fsp3) is 0.533. The Kier molecular flexibility index (Phi) is 12.9. The largest absolute Gasteiger partial charge is 0.505 e. The number of rotatable bonds is 5. The number of carbonyl (C=O) groups is 4. The molecule has 1 aliphatic carbocycles. The van der Waals surface area contributed by atoms with Crippen LogP contribution in [0, 0.1) is 11.8 Å². The highest BCUT2D eigenvalue weighted by molar-refractivity contribution is 6.48. The molecule has 0 aromatic rings. The SMILES string of the molecule is CO[C@H]1[C@@H](OC)C[C@H](C)[C@@H](OC)C2=CC(=O)C(=O)C(=C2O)NC(=O)/C(C)=C/C=C\[C@H](OC)[C@@H](OC(N)=O)/C(C)=C/[C@@H]1C. The molecular formula is C30H42N2O10. The first-order valence-electron chi connectivity index (χ1n) is 13.5. The average Bonchev–Trinajstić information content (AvgIpc) is 2.94. The molecule has 0 unspecified atom stereocenters. The highest BCUT2D eigenvalue weighted by atomic mass is 16.6. The van der Waals surface area contributed by atoms with Crippen LogP contribution in [0.25, 0.3) is 0 Å². The zero-order chi connectivity index (χ0) is 31.7. The van der Waals surface area contributed by atoms with Gasteiger partial charge in [-0.25, -0.2) is 4.79 Å². The number of carbonyl (C=O) groups excluding carboxylic acids is 4. The highest BCUT2D eigenvalue weighted by Gasteiger charge is 2.38. The Morgan fingerprint density at radius 3 is 2.21 bits per heavy atom. The number of ketones is 2. The zero-order valence-electron chi connectivity index (χ0n) is 25.3. The molecule has 2 bridgehead atoms. The Hall–Kier alpha value is -3.58. The first kappa shape index (κ1) is 34.6. The number of methoxy groups -OCH3 is 4. The van der Waals surface area contributed by atoms with E-state index in [-0.39, 0.29) is 23.0 Å². The van der Waals surface area contributed by atoms with Gasteiger partial charge in [-0.3, -0.25) is 14.4 Å². The minimum atomic E-state index is -1.06. The van der Waals surface area contributed by atoms with E-state index in [9.17, 15) is 24.3 Å². The van der Waals surface area contributed by atoms with E-state index in [2.05, 4.69) is 5.32 Å². The molecule has 1 heterocycles. The van der Waals surface area contributed by atoms with Crippen LogP contribution in [0.15, 0.2) is 58.6 Å². The molecule has 0 aromatic carbocycles. The molecule has 0 radical (unpaired) electrons. The van der Waals surface area contributed by atoms with Gasteiger partial charge in [0, 0.05) is 45.5 Å². The third kappa shape index (κ3) is 8.25. The molecular weight excluding hydrogens is 548 g/mol. The van der Waals surface area contributed by atoms with Crippen molar-refractivity contribution in [1.82, 2.24) is 5.32 Å². The molecule has 0 aromatic heterocycles. The summed E-state index contributed by atoms with van der Waals surface area (Å²) in [6.07, 6.45) is 3.30. The number of nitrogens with two attached hydrogens (primary N) is 1. The first-order chi connectivity index (χ1) is 19.8. The van der Waals surface area contributed by atoms with Crippen LogP contribution in [-0.2, 0) is 38.1 Å². The summed E-state index contributed by atoms with van der Waals surface area (Å²) in [7, 11) is 5.94. The summed E-state index contributed by atoms with van der Waals surface area (Å²) < 4.78 is 28.3. The lowest BCUT2D eigenvalue weighted by atomic mass is 9.84. The monoisotopic (exact) mass is 590 g/mol.